The molecule has 2 N–H and O–H groups in total. The van der Waals surface area contributed by atoms with E-state index in [9.17, 15) is 0 Å². The molecule has 0 aliphatic heterocycles. The summed E-state index contributed by atoms with van der Waals surface area (Å²) in [4.78, 5) is 4.21. The first-order valence-corrected chi connectivity index (χ1v) is 6.26. The highest BCUT2D eigenvalue weighted by atomic mass is 35.5. The number of nitrogens with zero attached hydrogens (tertiary/aromatic N) is 2. The summed E-state index contributed by atoms with van der Waals surface area (Å²) in [5.74, 6) is 0. The second-order valence-corrected chi connectivity index (χ2v) is 4.63. The van der Waals surface area contributed by atoms with Crippen LogP contribution in [-0.4, -0.2) is 9.55 Å². The highest BCUT2D eigenvalue weighted by Gasteiger charge is 2.09. The van der Waals surface area contributed by atoms with E-state index in [1.54, 1.807) is 12.5 Å². The van der Waals surface area contributed by atoms with Gasteiger partial charge in [-0.05, 0) is 30.3 Å². The molecule has 3 aromatic rings. The summed E-state index contributed by atoms with van der Waals surface area (Å²) in [6.07, 6.45) is 3.57. The molecule has 1 aromatic heterocycles. The van der Waals surface area contributed by atoms with Crippen LogP contribution in [0.2, 0.25) is 5.02 Å². The van der Waals surface area contributed by atoms with Gasteiger partial charge in [0.05, 0.1) is 18.2 Å². The second-order valence-electron chi connectivity index (χ2n) is 4.22. The van der Waals surface area contributed by atoms with Crippen molar-refractivity contribution < 1.29 is 0 Å². The predicted molar refractivity (Wildman–Crippen MR) is 78.4 cm³/mol. The third-order valence-corrected chi connectivity index (χ3v) is 3.29. The fraction of sp³-hybridized carbons (Fsp3) is 0. The lowest BCUT2D eigenvalue weighted by Gasteiger charge is -2.09. The maximum absolute atomic E-state index is 6.24. The van der Waals surface area contributed by atoms with Crippen LogP contribution in [0.3, 0.4) is 0 Å². The van der Waals surface area contributed by atoms with Crippen LogP contribution in [0.1, 0.15) is 0 Å². The molecule has 0 saturated carbocycles. The Hall–Kier alpha value is -2.26. The minimum Gasteiger partial charge on any atom is -0.399 e. The molecule has 0 amide bonds. The summed E-state index contributed by atoms with van der Waals surface area (Å²) in [6.45, 7) is 0. The quantitative estimate of drug-likeness (QED) is 0.720. The van der Waals surface area contributed by atoms with E-state index in [1.165, 1.54) is 0 Å². The van der Waals surface area contributed by atoms with Crippen LogP contribution in [0.4, 0.5) is 5.69 Å². The van der Waals surface area contributed by atoms with Crippen molar-refractivity contribution in [2.75, 3.05) is 5.73 Å². The van der Waals surface area contributed by atoms with Crippen LogP contribution < -0.4 is 5.73 Å². The summed E-state index contributed by atoms with van der Waals surface area (Å²) < 4.78 is 1.99. The number of nitrogen functional groups attached to an aromatic ring is 1. The monoisotopic (exact) mass is 269 g/mol. The number of anilines is 1. The van der Waals surface area contributed by atoms with Gasteiger partial charge < -0.3 is 5.73 Å². The molecule has 1 heterocycles. The molecule has 0 unspecified atom stereocenters. The highest BCUT2D eigenvalue weighted by Crippen LogP contribution is 2.29. The topological polar surface area (TPSA) is 43.8 Å². The van der Waals surface area contributed by atoms with Crippen LogP contribution in [-0.2, 0) is 0 Å². The zero-order valence-corrected chi connectivity index (χ0v) is 10.9. The van der Waals surface area contributed by atoms with Crippen molar-refractivity contribution in [3.63, 3.8) is 0 Å². The molecule has 3 nitrogen and oxygen atoms in total. The molecular weight excluding hydrogens is 258 g/mol. The fourth-order valence-corrected chi connectivity index (χ4v) is 2.24. The molecule has 0 saturated heterocycles. The molecule has 2 aromatic carbocycles. The third kappa shape index (κ3) is 2.20. The first kappa shape index (κ1) is 11.8. The van der Waals surface area contributed by atoms with E-state index in [0.29, 0.717) is 5.02 Å². The highest BCUT2D eigenvalue weighted by molar-refractivity contribution is 6.33. The Bertz CT molecular complexity index is 701. The van der Waals surface area contributed by atoms with Crippen LogP contribution in [0, 0.1) is 0 Å². The van der Waals surface area contributed by atoms with Gasteiger partial charge in [-0.25, -0.2) is 4.98 Å². The maximum Gasteiger partial charge on any atom is 0.0997 e. The van der Waals surface area contributed by atoms with Gasteiger partial charge in [0.2, 0.25) is 0 Å². The molecule has 94 valence electrons. The molecule has 0 radical (unpaired) electrons. The molecule has 0 fully saturated rings. The SMILES string of the molecule is Nc1ccc(-n2cncc2-c2ccccc2Cl)cc1. The first-order chi connectivity index (χ1) is 9.25. The molecule has 4 heteroatoms. The lowest BCUT2D eigenvalue weighted by atomic mass is 10.1. The summed E-state index contributed by atoms with van der Waals surface area (Å²) in [6, 6.07) is 15.4. The minimum atomic E-state index is 0.708. The number of benzene rings is 2. The average Bonchev–Trinajstić information content (AvgIpc) is 2.89. The van der Waals surface area contributed by atoms with E-state index in [1.807, 2.05) is 53.1 Å². The van der Waals surface area contributed by atoms with Crippen molar-refractivity contribution in [3.05, 3.63) is 66.1 Å². The number of halogens is 1. The van der Waals surface area contributed by atoms with Gasteiger partial charge in [0.1, 0.15) is 0 Å². The van der Waals surface area contributed by atoms with E-state index < -0.39 is 0 Å². The number of hydrogen-bond donors (Lipinski definition) is 1. The Morgan fingerprint density at radius 3 is 2.47 bits per heavy atom. The number of rotatable bonds is 2. The van der Waals surface area contributed by atoms with Crippen LogP contribution in [0.25, 0.3) is 16.9 Å². The van der Waals surface area contributed by atoms with E-state index in [4.69, 9.17) is 17.3 Å². The number of nitrogens with two attached hydrogens (primary N) is 1. The lowest BCUT2D eigenvalue weighted by molar-refractivity contribution is 1.06. The van der Waals surface area contributed by atoms with Gasteiger partial charge in [0.25, 0.3) is 0 Å². The first-order valence-electron chi connectivity index (χ1n) is 5.89. The normalized spacial score (nSPS) is 10.6. The Labute approximate surface area is 116 Å². The lowest BCUT2D eigenvalue weighted by Crippen LogP contribution is -1.96. The second kappa shape index (κ2) is 4.78. The predicted octanol–water partition coefficient (Wildman–Crippen LogP) is 3.77. The molecule has 19 heavy (non-hydrogen) atoms. The Morgan fingerprint density at radius 2 is 1.74 bits per heavy atom. The third-order valence-electron chi connectivity index (χ3n) is 2.96. The standard InChI is InChI=1S/C15H12ClN3/c16-14-4-2-1-3-13(14)15-9-18-10-19(15)12-7-5-11(17)6-8-12/h1-10H,17H2. The summed E-state index contributed by atoms with van der Waals surface area (Å²) in [5, 5.41) is 0.708. The molecule has 0 aliphatic carbocycles. The molecule has 0 bridgehead atoms. The summed E-state index contributed by atoms with van der Waals surface area (Å²) >= 11 is 6.24. The molecule has 0 aliphatic rings. The van der Waals surface area contributed by atoms with Crippen LogP contribution in [0.5, 0.6) is 0 Å². The van der Waals surface area contributed by atoms with E-state index in [0.717, 1.165) is 22.6 Å². The van der Waals surface area contributed by atoms with Gasteiger partial charge in [0.15, 0.2) is 0 Å². The molecular formula is C15H12ClN3. The van der Waals surface area contributed by atoms with Gasteiger partial charge >= 0.3 is 0 Å². The van der Waals surface area contributed by atoms with Gasteiger partial charge in [-0.3, -0.25) is 4.57 Å². The van der Waals surface area contributed by atoms with Crippen LogP contribution in [0.15, 0.2) is 61.1 Å². The van der Waals surface area contributed by atoms with Gasteiger partial charge in [0, 0.05) is 22.0 Å². The molecule has 0 spiro atoms. The smallest absolute Gasteiger partial charge is 0.0997 e. The van der Waals surface area contributed by atoms with Crippen molar-refractivity contribution >= 4 is 17.3 Å². The fourth-order valence-electron chi connectivity index (χ4n) is 2.00. The molecule has 0 atom stereocenters. The van der Waals surface area contributed by atoms with E-state index in [2.05, 4.69) is 4.98 Å². The number of hydrogen-bond acceptors (Lipinski definition) is 2. The van der Waals surface area contributed by atoms with Crippen molar-refractivity contribution in [1.82, 2.24) is 9.55 Å². The largest absolute Gasteiger partial charge is 0.399 e. The minimum absolute atomic E-state index is 0.708. The van der Waals surface area contributed by atoms with E-state index in [-0.39, 0.29) is 0 Å². The Kier molecular flexibility index (Phi) is 2.97. The average molecular weight is 270 g/mol. The van der Waals surface area contributed by atoms with Crippen LogP contribution >= 0.6 is 11.6 Å². The van der Waals surface area contributed by atoms with Gasteiger partial charge in [-0.1, -0.05) is 29.8 Å². The maximum atomic E-state index is 6.24. The zero-order chi connectivity index (χ0) is 13.2. The zero-order valence-electron chi connectivity index (χ0n) is 10.1. The van der Waals surface area contributed by atoms with Crippen molar-refractivity contribution in [2.24, 2.45) is 0 Å². The Morgan fingerprint density at radius 1 is 1.00 bits per heavy atom. The van der Waals surface area contributed by atoms with Crippen molar-refractivity contribution in [1.29, 1.82) is 0 Å². The van der Waals surface area contributed by atoms with Crippen molar-refractivity contribution in [2.45, 2.75) is 0 Å². The van der Waals surface area contributed by atoms with E-state index >= 15 is 0 Å². The number of imidazole rings is 1. The Balaban J connectivity index is 2.13. The van der Waals surface area contributed by atoms with Gasteiger partial charge in [-0.2, -0.15) is 0 Å². The summed E-state index contributed by atoms with van der Waals surface area (Å²) in [5.41, 5.74) is 9.36. The van der Waals surface area contributed by atoms with Crippen molar-refractivity contribution in [3.8, 4) is 16.9 Å². The summed E-state index contributed by atoms with van der Waals surface area (Å²) in [7, 11) is 0. The molecule has 3 rings (SSSR count). The van der Waals surface area contributed by atoms with Gasteiger partial charge in [-0.15, -0.1) is 0 Å². The number of aromatic nitrogens is 2.